The Balaban J connectivity index is 1.90. The van der Waals surface area contributed by atoms with Crippen LogP contribution in [-0.2, 0) is 19.1 Å². The maximum absolute atomic E-state index is 12.4. The van der Waals surface area contributed by atoms with Gasteiger partial charge in [0.05, 0.1) is 18.7 Å². The number of ether oxygens (including phenoxy) is 4. The van der Waals surface area contributed by atoms with Gasteiger partial charge in [0.2, 0.25) is 0 Å². The first-order valence-electron chi connectivity index (χ1n) is 8.08. The molecule has 0 radical (unpaired) electrons. The molecule has 1 heterocycles. The highest BCUT2D eigenvalue weighted by molar-refractivity contribution is 9.10. The van der Waals surface area contributed by atoms with Crippen LogP contribution in [0.25, 0.3) is 6.08 Å². The van der Waals surface area contributed by atoms with Gasteiger partial charge in [-0.3, -0.25) is 0 Å². The van der Waals surface area contributed by atoms with Crippen LogP contribution < -0.4 is 9.47 Å². The minimum absolute atomic E-state index is 0.129. The number of esters is 2. The van der Waals surface area contributed by atoms with Crippen LogP contribution in [0.4, 0.5) is 0 Å². The lowest BCUT2D eigenvalue weighted by atomic mass is 9.93. The molecule has 0 amide bonds. The standard InChI is InChI=1S/C18H19BrO6/c1-22-14-10-11(9-13(19)15(14)23-2)8-12-16(20)24-18(25-17(12)21)6-4-3-5-7-18/h8-10H,3-7H2,1-2H3. The van der Waals surface area contributed by atoms with Crippen molar-refractivity contribution in [1.29, 1.82) is 0 Å². The quantitative estimate of drug-likeness (QED) is 0.430. The highest BCUT2D eigenvalue weighted by Gasteiger charge is 2.46. The second-order valence-corrected chi connectivity index (χ2v) is 6.90. The van der Waals surface area contributed by atoms with Gasteiger partial charge in [0, 0.05) is 12.8 Å². The van der Waals surface area contributed by atoms with Crippen molar-refractivity contribution in [3.8, 4) is 11.5 Å². The summed E-state index contributed by atoms with van der Waals surface area (Å²) in [5.74, 6) is -1.38. The smallest absolute Gasteiger partial charge is 0.348 e. The predicted octanol–water partition coefficient (Wildman–Crippen LogP) is 3.61. The number of benzene rings is 1. The van der Waals surface area contributed by atoms with Crippen LogP contribution in [0, 0.1) is 0 Å². The zero-order chi connectivity index (χ0) is 18.0. The van der Waals surface area contributed by atoms with Gasteiger partial charge in [-0.1, -0.05) is 6.42 Å². The van der Waals surface area contributed by atoms with Crippen LogP contribution in [0.1, 0.15) is 37.7 Å². The molecule has 0 unspecified atom stereocenters. The summed E-state index contributed by atoms with van der Waals surface area (Å²) in [7, 11) is 3.04. The monoisotopic (exact) mass is 410 g/mol. The van der Waals surface area contributed by atoms with Gasteiger partial charge in [0.25, 0.3) is 5.79 Å². The second-order valence-electron chi connectivity index (χ2n) is 6.05. The Labute approximate surface area is 154 Å². The first kappa shape index (κ1) is 17.8. The molecule has 25 heavy (non-hydrogen) atoms. The van der Waals surface area contributed by atoms with Crippen LogP contribution >= 0.6 is 15.9 Å². The SMILES string of the molecule is COc1cc(C=C2C(=O)OC3(CCCCC3)OC2=O)cc(Br)c1OC. The molecule has 0 atom stereocenters. The molecule has 1 spiro atoms. The molecule has 0 bridgehead atoms. The molecular formula is C18H19BrO6. The van der Waals surface area contributed by atoms with Gasteiger partial charge in [0.1, 0.15) is 5.57 Å². The minimum atomic E-state index is -1.08. The Bertz CT molecular complexity index is 711. The van der Waals surface area contributed by atoms with Gasteiger partial charge in [-0.05, 0) is 52.5 Å². The lowest BCUT2D eigenvalue weighted by Gasteiger charge is -2.38. The van der Waals surface area contributed by atoms with E-state index in [0.717, 1.165) is 19.3 Å². The summed E-state index contributed by atoms with van der Waals surface area (Å²) in [6.07, 6.45) is 5.36. The molecule has 1 aromatic rings. The topological polar surface area (TPSA) is 71.1 Å². The van der Waals surface area contributed by atoms with Crippen molar-refractivity contribution < 1.29 is 28.5 Å². The molecule has 1 aromatic carbocycles. The third-order valence-electron chi connectivity index (χ3n) is 4.38. The normalized spacial score (nSPS) is 19.2. The molecular weight excluding hydrogens is 392 g/mol. The Morgan fingerprint density at radius 2 is 1.68 bits per heavy atom. The fourth-order valence-electron chi connectivity index (χ4n) is 3.15. The largest absolute Gasteiger partial charge is 0.493 e. The van der Waals surface area contributed by atoms with Crippen LogP contribution in [0.15, 0.2) is 22.2 Å². The van der Waals surface area contributed by atoms with Gasteiger partial charge in [-0.15, -0.1) is 0 Å². The molecule has 0 N–H and O–H groups in total. The summed E-state index contributed by atoms with van der Waals surface area (Å²) in [6.45, 7) is 0. The van der Waals surface area contributed by atoms with Gasteiger partial charge in [-0.25, -0.2) is 9.59 Å². The third kappa shape index (κ3) is 3.51. The first-order valence-corrected chi connectivity index (χ1v) is 8.87. The zero-order valence-electron chi connectivity index (χ0n) is 14.1. The number of carbonyl (C=O) groups is 2. The summed E-state index contributed by atoms with van der Waals surface area (Å²) in [6, 6.07) is 3.39. The van der Waals surface area contributed by atoms with E-state index in [4.69, 9.17) is 18.9 Å². The fourth-order valence-corrected chi connectivity index (χ4v) is 3.77. The number of rotatable bonds is 3. The molecule has 7 heteroatoms. The lowest BCUT2D eigenvalue weighted by molar-refractivity contribution is -0.244. The first-order chi connectivity index (χ1) is 12.0. The molecule has 1 aliphatic heterocycles. The Morgan fingerprint density at radius 1 is 1.04 bits per heavy atom. The lowest BCUT2D eigenvalue weighted by Crippen LogP contribution is -2.47. The van der Waals surface area contributed by atoms with Crippen molar-refractivity contribution in [2.24, 2.45) is 0 Å². The highest BCUT2D eigenvalue weighted by Crippen LogP contribution is 2.39. The molecule has 6 nitrogen and oxygen atoms in total. The highest BCUT2D eigenvalue weighted by atomic mass is 79.9. The van der Waals surface area contributed by atoms with Crippen molar-refractivity contribution in [2.75, 3.05) is 14.2 Å². The van der Waals surface area contributed by atoms with E-state index in [-0.39, 0.29) is 5.57 Å². The van der Waals surface area contributed by atoms with Crippen molar-refractivity contribution >= 4 is 33.9 Å². The predicted molar refractivity (Wildman–Crippen MR) is 93.2 cm³/mol. The van der Waals surface area contributed by atoms with Crippen LogP contribution in [0.2, 0.25) is 0 Å². The van der Waals surface area contributed by atoms with Gasteiger partial charge in [0.15, 0.2) is 11.5 Å². The number of carbonyl (C=O) groups excluding carboxylic acids is 2. The van der Waals surface area contributed by atoms with Crippen LogP contribution in [0.5, 0.6) is 11.5 Å². The average molecular weight is 411 g/mol. The molecule has 2 fully saturated rings. The molecule has 1 saturated heterocycles. The van der Waals surface area contributed by atoms with E-state index in [0.29, 0.717) is 34.4 Å². The third-order valence-corrected chi connectivity index (χ3v) is 4.97. The molecule has 0 aromatic heterocycles. The molecule has 2 aliphatic rings. The second kappa shape index (κ2) is 7.07. The summed E-state index contributed by atoms with van der Waals surface area (Å²) < 4.78 is 22.1. The van der Waals surface area contributed by atoms with E-state index < -0.39 is 17.7 Å². The van der Waals surface area contributed by atoms with Crippen molar-refractivity contribution in [3.05, 3.63) is 27.7 Å². The van der Waals surface area contributed by atoms with E-state index in [1.54, 1.807) is 12.1 Å². The summed E-state index contributed by atoms with van der Waals surface area (Å²) >= 11 is 3.38. The zero-order valence-corrected chi connectivity index (χ0v) is 15.7. The fraction of sp³-hybridized carbons (Fsp3) is 0.444. The van der Waals surface area contributed by atoms with E-state index in [1.807, 2.05) is 0 Å². The molecule has 3 rings (SSSR count). The van der Waals surface area contributed by atoms with Crippen LogP contribution in [-0.4, -0.2) is 31.9 Å². The molecule has 134 valence electrons. The number of methoxy groups -OCH3 is 2. The summed E-state index contributed by atoms with van der Waals surface area (Å²) in [4.78, 5) is 24.8. The van der Waals surface area contributed by atoms with Crippen molar-refractivity contribution in [3.63, 3.8) is 0 Å². The molecule has 1 saturated carbocycles. The van der Waals surface area contributed by atoms with E-state index >= 15 is 0 Å². The number of hydrogen-bond donors (Lipinski definition) is 0. The Morgan fingerprint density at radius 3 is 2.24 bits per heavy atom. The van der Waals surface area contributed by atoms with Gasteiger partial charge in [-0.2, -0.15) is 0 Å². The van der Waals surface area contributed by atoms with Crippen molar-refractivity contribution in [2.45, 2.75) is 37.9 Å². The number of hydrogen-bond acceptors (Lipinski definition) is 6. The average Bonchev–Trinajstić information content (AvgIpc) is 2.58. The summed E-state index contributed by atoms with van der Waals surface area (Å²) in [5.41, 5.74) is 0.461. The molecule has 1 aliphatic carbocycles. The van der Waals surface area contributed by atoms with Gasteiger partial charge >= 0.3 is 11.9 Å². The van der Waals surface area contributed by atoms with E-state index in [9.17, 15) is 9.59 Å². The minimum Gasteiger partial charge on any atom is -0.493 e. The van der Waals surface area contributed by atoms with E-state index in [2.05, 4.69) is 15.9 Å². The Kier molecular flexibility index (Phi) is 5.03. The van der Waals surface area contributed by atoms with Crippen molar-refractivity contribution in [1.82, 2.24) is 0 Å². The summed E-state index contributed by atoms with van der Waals surface area (Å²) in [5, 5.41) is 0. The van der Waals surface area contributed by atoms with E-state index in [1.165, 1.54) is 20.3 Å². The maximum Gasteiger partial charge on any atom is 0.348 e. The maximum atomic E-state index is 12.4. The number of halogens is 1. The Hall–Kier alpha value is -2.02. The van der Waals surface area contributed by atoms with Gasteiger partial charge < -0.3 is 18.9 Å². The van der Waals surface area contributed by atoms with Crippen LogP contribution in [0.3, 0.4) is 0 Å².